The molecular weight excluding hydrogens is 306 g/mol. The van der Waals surface area contributed by atoms with Crippen LogP contribution in [0.4, 0.5) is 0 Å². The van der Waals surface area contributed by atoms with E-state index in [1.54, 1.807) is 4.68 Å². The number of sulfonamides is 1. The van der Waals surface area contributed by atoms with E-state index in [1.165, 1.54) is 0 Å². The van der Waals surface area contributed by atoms with Crippen LogP contribution < -0.4 is 4.72 Å². The van der Waals surface area contributed by atoms with Gasteiger partial charge in [-0.3, -0.25) is 4.68 Å². The van der Waals surface area contributed by atoms with Crippen LogP contribution in [0.2, 0.25) is 0 Å². The minimum absolute atomic E-state index is 0.242. The first-order valence-corrected chi connectivity index (χ1v) is 7.60. The molecule has 1 heterocycles. The van der Waals surface area contributed by atoms with Gasteiger partial charge in [0.15, 0.2) is 0 Å². The third-order valence-electron chi connectivity index (χ3n) is 2.29. The van der Waals surface area contributed by atoms with Crippen molar-refractivity contribution in [1.29, 1.82) is 0 Å². The fourth-order valence-corrected chi connectivity index (χ4v) is 2.57. The summed E-state index contributed by atoms with van der Waals surface area (Å²) in [6.45, 7) is 0.242. The Morgan fingerprint density at radius 3 is 2.82 bits per heavy atom. The standard InChI is InChI=1S/C10H12BrN3O2S/c1-14-6-8-4-9(11)3-7(10(8)13-14)5-12-17(2,15)16/h3-4,6,12H,5H2,1-2H3. The van der Waals surface area contributed by atoms with Crippen LogP contribution in [0.1, 0.15) is 5.56 Å². The molecule has 0 bridgehead atoms. The Kier molecular flexibility index (Phi) is 3.24. The Bertz CT molecular complexity index is 663. The number of fused-ring (bicyclic) bond motifs is 1. The first kappa shape index (κ1) is 12.5. The quantitative estimate of drug-likeness (QED) is 0.930. The number of aryl methyl sites for hydroxylation is 1. The molecule has 1 aromatic carbocycles. The van der Waals surface area contributed by atoms with Crippen molar-refractivity contribution in [2.24, 2.45) is 7.05 Å². The molecule has 0 aliphatic rings. The third kappa shape index (κ3) is 3.05. The molecule has 17 heavy (non-hydrogen) atoms. The minimum Gasteiger partial charge on any atom is -0.275 e. The third-order valence-corrected chi connectivity index (χ3v) is 3.42. The zero-order chi connectivity index (χ0) is 12.6. The molecule has 5 nitrogen and oxygen atoms in total. The Morgan fingerprint density at radius 2 is 2.18 bits per heavy atom. The molecule has 0 atom stereocenters. The van der Waals surface area contributed by atoms with Crippen LogP contribution in [0, 0.1) is 0 Å². The van der Waals surface area contributed by atoms with Gasteiger partial charge in [0.2, 0.25) is 10.0 Å². The Balaban J connectivity index is 2.45. The van der Waals surface area contributed by atoms with Crippen molar-refractivity contribution < 1.29 is 8.42 Å². The van der Waals surface area contributed by atoms with E-state index >= 15 is 0 Å². The normalized spacial score (nSPS) is 12.2. The molecule has 0 amide bonds. The van der Waals surface area contributed by atoms with Gasteiger partial charge in [0, 0.05) is 29.6 Å². The number of nitrogens with zero attached hydrogens (tertiary/aromatic N) is 2. The highest BCUT2D eigenvalue weighted by Gasteiger charge is 2.09. The second-order valence-corrected chi connectivity index (χ2v) is 6.65. The summed E-state index contributed by atoms with van der Waals surface area (Å²) in [6, 6.07) is 3.82. The molecule has 7 heteroatoms. The molecule has 2 rings (SSSR count). The molecule has 1 N–H and O–H groups in total. The minimum atomic E-state index is -3.20. The van der Waals surface area contributed by atoms with E-state index < -0.39 is 10.0 Å². The largest absolute Gasteiger partial charge is 0.275 e. The lowest BCUT2D eigenvalue weighted by molar-refractivity contribution is 0.587. The van der Waals surface area contributed by atoms with Gasteiger partial charge in [-0.05, 0) is 17.7 Å². The fraction of sp³-hybridized carbons (Fsp3) is 0.300. The molecular formula is C10H12BrN3O2S. The van der Waals surface area contributed by atoms with E-state index in [4.69, 9.17) is 0 Å². The van der Waals surface area contributed by atoms with Gasteiger partial charge in [0.1, 0.15) is 0 Å². The molecule has 0 aliphatic heterocycles. The molecule has 0 radical (unpaired) electrons. The smallest absolute Gasteiger partial charge is 0.209 e. The molecule has 92 valence electrons. The van der Waals surface area contributed by atoms with Crippen LogP contribution >= 0.6 is 15.9 Å². The van der Waals surface area contributed by atoms with Crippen molar-refractivity contribution >= 4 is 36.9 Å². The van der Waals surface area contributed by atoms with Gasteiger partial charge in [0.25, 0.3) is 0 Å². The monoisotopic (exact) mass is 317 g/mol. The van der Waals surface area contributed by atoms with Gasteiger partial charge in [-0.2, -0.15) is 5.10 Å². The van der Waals surface area contributed by atoms with Crippen LogP contribution in [0.3, 0.4) is 0 Å². The number of hydrogen-bond donors (Lipinski definition) is 1. The molecule has 0 fully saturated rings. The van der Waals surface area contributed by atoms with E-state index in [1.807, 2.05) is 25.4 Å². The number of hydrogen-bond acceptors (Lipinski definition) is 3. The molecule has 0 spiro atoms. The van der Waals surface area contributed by atoms with Crippen molar-refractivity contribution in [3.8, 4) is 0 Å². The van der Waals surface area contributed by atoms with Crippen molar-refractivity contribution in [2.45, 2.75) is 6.54 Å². The lowest BCUT2D eigenvalue weighted by Gasteiger charge is -2.04. The van der Waals surface area contributed by atoms with Gasteiger partial charge >= 0.3 is 0 Å². The number of rotatable bonds is 3. The van der Waals surface area contributed by atoms with Gasteiger partial charge < -0.3 is 0 Å². The van der Waals surface area contributed by atoms with E-state index in [0.29, 0.717) is 0 Å². The maximum Gasteiger partial charge on any atom is 0.209 e. The summed E-state index contributed by atoms with van der Waals surface area (Å²) in [5.41, 5.74) is 1.66. The Hall–Kier alpha value is -0.920. The molecule has 1 aromatic heterocycles. The van der Waals surface area contributed by atoms with Gasteiger partial charge in [-0.1, -0.05) is 15.9 Å². The second kappa shape index (κ2) is 4.40. The zero-order valence-electron chi connectivity index (χ0n) is 9.44. The van der Waals surface area contributed by atoms with Crippen LogP contribution in [-0.4, -0.2) is 24.5 Å². The molecule has 2 aromatic rings. The van der Waals surface area contributed by atoms with E-state index in [0.717, 1.165) is 27.2 Å². The summed E-state index contributed by atoms with van der Waals surface area (Å²) < 4.78 is 27.2. The number of nitrogens with one attached hydrogen (secondary N) is 1. The van der Waals surface area contributed by atoms with Crippen molar-refractivity contribution in [1.82, 2.24) is 14.5 Å². The molecule has 0 unspecified atom stereocenters. The average Bonchev–Trinajstić information content (AvgIpc) is 2.53. The summed E-state index contributed by atoms with van der Waals surface area (Å²) in [5.74, 6) is 0. The number of benzene rings is 1. The second-order valence-electron chi connectivity index (χ2n) is 3.90. The summed E-state index contributed by atoms with van der Waals surface area (Å²) in [7, 11) is -1.36. The first-order valence-electron chi connectivity index (χ1n) is 4.91. The van der Waals surface area contributed by atoms with Crippen LogP contribution in [0.25, 0.3) is 10.9 Å². The summed E-state index contributed by atoms with van der Waals surface area (Å²) in [5, 5.41) is 5.29. The summed E-state index contributed by atoms with van der Waals surface area (Å²) in [4.78, 5) is 0. The van der Waals surface area contributed by atoms with E-state index in [9.17, 15) is 8.42 Å². The van der Waals surface area contributed by atoms with E-state index in [2.05, 4.69) is 25.8 Å². The van der Waals surface area contributed by atoms with Crippen molar-refractivity contribution in [3.63, 3.8) is 0 Å². The van der Waals surface area contributed by atoms with Crippen LogP contribution in [0.15, 0.2) is 22.8 Å². The van der Waals surface area contributed by atoms with Crippen LogP contribution in [0.5, 0.6) is 0 Å². The maximum absolute atomic E-state index is 11.1. The fourth-order valence-electron chi connectivity index (χ4n) is 1.63. The lowest BCUT2D eigenvalue weighted by Crippen LogP contribution is -2.21. The predicted octanol–water partition coefficient (Wildman–Crippen LogP) is 1.38. The SMILES string of the molecule is Cn1cc2cc(Br)cc(CNS(C)(=O)=O)c2n1. The zero-order valence-corrected chi connectivity index (χ0v) is 11.8. The molecule has 0 saturated carbocycles. The van der Waals surface area contributed by atoms with Gasteiger partial charge in [0.05, 0.1) is 11.8 Å². The van der Waals surface area contributed by atoms with Gasteiger partial charge in [-0.25, -0.2) is 13.1 Å². The maximum atomic E-state index is 11.1. The van der Waals surface area contributed by atoms with Gasteiger partial charge in [-0.15, -0.1) is 0 Å². The molecule has 0 aliphatic carbocycles. The van der Waals surface area contributed by atoms with Crippen molar-refractivity contribution in [2.75, 3.05) is 6.26 Å². The Morgan fingerprint density at radius 1 is 1.47 bits per heavy atom. The summed E-state index contributed by atoms with van der Waals surface area (Å²) in [6.07, 6.45) is 3.03. The lowest BCUT2D eigenvalue weighted by atomic mass is 10.1. The number of aromatic nitrogens is 2. The van der Waals surface area contributed by atoms with Crippen molar-refractivity contribution in [3.05, 3.63) is 28.4 Å². The number of halogens is 1. The summed E-state index contributed by atoms with van der Waals surface area (Å²) >= 11 is 3.40. The average molecular weight is 318 g/mol. The highest BCUT2D eigenvalue weighted by Crippen LogP contribution is 2.23. The predicted molar refractivity (Wildman–Crippen MR) is 70.1 cm³/mol. The molecule has 0 saturated heterocycles. The highest BCUT2D eigenvalue weighted by atomic mass is 79.9. The van der Waals surface area contributed by atoms with Crippen LogP contribution in [-0.2, 0) is 23.6 Å². The topological polar surface area (TPSA) is 64.0 Å². The first-order chi connectivity index (χ1) is 7.85. The highest BCUT2D eigenvalue weighted by molar-refractivity contribution is 9.10. The Labute approximate surface area is 108 Å². The van der Waals surface area contributed by atoms with E-state index in [-0.39, 0.29) is 6.54 Å².